The van der Waals surface area contributed by atoms with Crippen LogP contribution >= 0.6 is 0 Å². The van der Waals surface area contributed by atoms with E-state index in [1.807, 2.05) is 0 Å². The molecule has 0 heterocycles. The Kier molecular flexibility index (Phi) is 4.97. The van der Waals surface area contributed by atoms with Crippen molar-refractivity contribution in [1.82, 2.24) is 10.0 Å². The average molecular weight is 311 g/mol. The lowest BCUT2D eigenvalue weighted by Gasteiger charge is -2.19. The molecule has 1 fully saturated rings. The summed E-state index contributed by atoms with van der Waals surface area (Å²) in [6.45, 7) is 0.574. The van der Waals surface area contributed by atoms with Crippen molar-refractivity contribution in [2.75, 3.05) is 13.6 Å². The molecular weight excluding hydrogens is 290 g/mol. The summed E-state index contributed by atoms with van der Waals surface area (Å²) in [5, 5.41) is 2.98. The van der Waals surface area contributed by atoms with Crippen LogP contribution in [0.15, 0.2) is 29.2 Å². The largest absolute Gasteiger partial charge is 0.349 e. The lowest BCUT2D eigenvalue weighted by Crippen LogP contribution is -2.39. The first-order valence-corrected chi connectivity index (χ1v) is 8.51. The molecule has 21 heavy (non-hydrogen) atoms. The number of rotatable bonds is 5. The number of carbonyl (C=O) groups excluding carboxylic acids is 1. The van der Waals surface area contributed by atoms with Gasteiger partial charge in [0, 0.05) is 11.6 Å². The molecule has 0 bridgehead atoms. The number of nitrogens with two attached hydrogens (primary N) is 1. The van der Waals surface area contributed by atoms with Crippen LogP contribution in [0.4, 0.5) is 0 Å². The van der Waals surface area contributed by atoms with E-state index in [9.17, 15) is 13.2 Å². The molecule has 2 unspecified atom stereocenters. The number of sulfonamides is 1. The fourth-order valence-corrected chi connectivity index (χ4v) is 3.39. The maximum absolute atomic E-state index is 12.2. The third kappa shape index (κ3) is 3.61. The number of benzene rings is 1. The van der Waals surface area contributed by atoms with E-state index >= 15 is 0 Å². The van der Waals surface area contributed by atoms with Gasteiger partial charge in [-0.25, -0.2) is 13.1 Å². The maximum atomic E-state index is 12.2. The highest BCUT2D eigenvalue weighted by molar-refractivity contribution is 7.89. The smallest absolute Gasteiger partial charge is 0.251 e. The Hall–Kier alpha value is -1.44. The highest BCUT2D eigenvalue weighted by Crippen LogP contribution is 2.24. The summed E-state index contributed by atoms with van der Waals surface area (Å²) in [5.41, 5.74) is 6.15. The van der Waals surface area contributed by atoms with E-state index in [0.717, 1.165) is 19.3 Å². The summed E-state index contributed by atoms with van der Waals surface area (Å²) in [6, 6.07) is 6.01. The molecule has 1 aliphatic carbocycles. The van der Waals surface area contributed by atoms with Crippen molar-refractivity contribution in [3.8, 4) is 0 Å². The molecule has 1 saturated carbocycles. The number of carbonyl (C=O) groups is 1. The highest BCUT2D eigenvalue weighted by Gasteiger charge is 2.27. The summed E-state index contributed by atoms with van der Waals surface area (Å²) in [5.74, 6) is 0.145. The molecule has 116 valence electrons. The van der Waals surface area contributed by atoms with E-state index in [0.29, 0.717) is 18.0 Å². The van der Waals surface area contributed by atoms with E-state index < -0.39 is 10.0 Å². The second-order valence-electron chi connectivity index (χ2n) is 5.24. The third-order valence-electron chi connectivity index (χ3n) is 3.97. The van der Waals surface area contributed by atoms with Gasteiger partial charge in [-0.1, -0.05) is 6.42 Å². The molecule has 1 amide bonds. The van der Waals surface area contributed by atoms with Crippen molar-refractivity contribution < 1.29 is 13.2 Å². The lowest BCUT2D eigenvalue weighted by atomic mass is 10.0. The summed E-state index contributed by atoms with van der Waals surface area (Å²) in [7, 11) is -2.12. The van der Waals surface area contributed by atoms with Crippen LogP contribution in [-0.2, 0) is 10.0 Å². The Balaban J connectivity index is 2.07. The van der Waals surface area contributed by atoms with Crippen molar-refractivity contribution >= 4 is 15.9 Å². The molecule has 0 saturated heterocycles. The van der Waals surface area contributed by atoms with Gasteiger partial charge in [0.25, 0.3) is 5.91 Å². The van der Waals surface area contributed by atoms with E-state index in [2.05, 4.69) is 10.0 Å². The summed E-state index contributed by atoms with van der Waals surface area (Å²) >= 11 is 0. The minimum atomic E-state index is -3.47. The van der Waals surface area contributed by atoms with E-state index in [4.69, 9.17) is 5.73 Å². The van der Waals surface area contributed by atoms with Gasteiger partial charge in [0.2, 0.25) is 10.0 Å². The van der Waals surface area contributed by atoms with Gasteiger partial charge in [-0.3, -0.25) is 4.79 Å². The maximum Gasteiger partial charge on any atom is 0.251 e. The van der Waals surface area contributed by atoms with Crippen LogP contribution in [0.2, 0.25) is 0 Å². The van der Waals surface area contributed by atoms with Gasteiger partial charge >= 0.3 is 0 Å². The van der Waals surface area contributed by atoms with Crippen LogP contribution in [0.1, 0.15) is 29.6 Å². The highest BCUT2D eigenvalue weighted by atomic mass is 32.2. The molecule has 0 aliphatic heterocycles. The second kappa shape index (κ2) is 6.55. The van der Waals surface area contributed by atoms with E-state index in [1.165, 1.54) is 31.3 Å². The number of hydrogen-bond acceptors (Lipinski definition) is 4. The fourth-order valence-electron chi connectivity index (χ4n) is 2.66. The SMILES string of the molecule is CNS(=O)(=O)c1ccc(C(=O)NC2CCCC2CN)cc1. The van der Waals surface area contributed by atoms with Crippen LogP contribution in [0.5, 0.6) is 0 Å². The molecule has 1 aliphatic rings. The van der Waals surface area contributed by atoms with Crippen LogP contribution in [-0.4, -0.2) is 34.0 Å². The molecule has 1 aromatic rings. The fraction of sp³-hybridized carbons (Fsp3) is 0.500. The molecule has 4 N–H and O–H groups in total. The molecule has 7 heteroatoms. The van der Waals surface area contributed by atoms with Crippen molar-refractivity contribution in [1.29, 1.82) is 0 Å². The van der Waals surface area contributed by atoms with Crippen molar-refractivity contribution in [2.24, 2.45) is 11.7 Å². The molecule has 1 aromatic carbocycles. The Morgan fingerprint density at radius 2 is 1.95 bits per heavy atom. The van der Waals surface area contributed by atoms with Crippen molar-refractivity contribution in [2.45, 2.75) is 30.2 Å². The molecule has 0 aromatic heterocycles. The lowest BCUT2D eigenvalue weighted by molar-refractivity contribution is 0.0928. The van der Waals surface area contributed by atoms with E-state index in [1.54, 1.807) is 0 Å². The first-order chi connectivity index (χ1) is 9.97. The Morgan fingerprint density at radius 3 is 2.52 bits per heavy atom. The zero-order valence-corrected chi connectivity index (χ0v) is 12.8. The normalized spacial score (nSPS) is 22.2. The zero-order chi connectivity index (χ0) is 15.5. The monoisotopic (exact) mass is 311 g/mol. The Morgan fingerprint density at radius 1 is 1.29 bits per heavy atom. The van der Waals surface area contributed by atoms with Crippen LogP contribution in [0.3, 0.4) is 0 Å². The summed E-state index contributed by atoms with van der Waals surface area (Å²) in [6.07, 6.45) is 3.06. The van der Waals surface area contributed by atoms with Crippen molar-refractivity contribution in [3.63, 3.8) is 0 Å². The Labute approximate surface area is 125 Å². The van der Waals surface area contributed by atoms with Gasteiger partial charge in [0.05, 0.1) is 4.90 Å². The summed E-state index contributed by atoms with van der Waals surface area (Å²) in [4.78, 5) is 12.3. The average Bonchev–Trinajstić information content (AvgIpc) is 2.94. The van der Waals surface area contributed by atoms with Gasteiger partial charge < -0.3 is 11.1 Å². The first-order valence-electron chi connectivity index (χ1n) is 7.02. The minimum Gasteiger partial charge on any atom is -0.349 e. The molecule has 0 spiro atoms. The van der Waals surface area contributed by atoms with E-state index in [-0.39, 0.29) is 16.8 Å². The zero-order valence-electron chi connectivity index (χ0n) is 12.0. The molecule has 6 nitrogen and oxygen atoms in total. The number of amides is 1. The standard InChI is InChI=1S/C14H21N3O3S/c1-16-21(19,20)12-7-5-10(6-8-12)14(18)17-13-4-2-3-11(13)9-15/h5-8,11,13,16H,2-4,9,15H2,1H3,(H,17,18). The molecule has 0 radical (unpaired) electrons. The third-order valence-corrected chi connectivity index (χ3v) is 5.40. The second-order valence-corrected chi connectivity index (χ2v) is 7.13. The predicted octanol–water partition coefficient (Wildman–Crippen LogP) is 0.452. The van der Waals surface area contributed by atoms with Crippen LogP contribution in [0, 0.1) is 5.92 Å². The van der Waals surface area contributed by atoms with Gasteiger partial charge in [-0.2, -0.15) is 0 Å². The number of hydrogen-bond donors (Lipinski definition) is 3. The van der Waals surface area contributed by atoms with Crippen molar-refractivity contribution in [3.05, 3.63) is 29.8 Å². The van der Waals surface area contributed by atoms with Gasteiger partial charge in [-0.15, -0.1) is 0 Å². The van der Waals surface area contributed by atoms with Crippen LogP contribution < -0.4 is 15.8 Å². The number of nitrogens with one attached hydrogen (secondary N) is 2. The summed E-state index contributed by atoms with van der Waals surface area (Å²) < 4.78 is 25.5. The topological polar surface area (TPSA) is 101 Å². The van der Waals surface area contributed by atoms with Crippen LogP contribution in [0.25, 0.3) is 0 Å². The molecular formula is C14H21N3O3S. The Bertz CT molecular complexity index is 598. The predicted molar refractivity (Wildman–Crippen MR) is 80.3 cm³/mol. The quantitative estimate of drug-likeness (QED) is 0.735. The van der Waals surface area contributed by atoms with Gasteiger partial charge in [0.15, 0.2) is 0 Å². The first kappa shape index (κ1) is 15.9. The molecule has 2 rings (SSSR count). The van der Waals surface area contributed by atoms with Gasteiger partial charge in [0.1, 0.15) is 0 Å². The van der Waals surface area contributed by atoms with Gasteiger partial charge in [-0.05, 0) is 56.6 Å². The molecule has 2 atom stereocenters. The minimum absolute atomic E-state index is 0.114.